The second-order valence-corrected chi connectivity index (χ2v) is 5.44. The van der Waals surface area contributed by atoms with Gasteiger partial charge in [0.2, 0.25) is 0 Å². The highest BCUT2D eigenvalue weighted by atomic mass is 16.6. The van der Waals surface area contributed by atoms with Crippen LogP contribution in [0.5, 0.6) is 0 Å². The zero-order valence-corrected chi connectivity index (χ0v) is 13.4. The lowest BCUT2D eigenvalue weighted by Crippen LogP contribution is -2.26. The first-order valence-electron chi connectivity index (χ1n) is 7.13. The van der Waals surface area contributed by atoms with Gasteiger partial charge in [0.1, 0.15) is 6.61 Å². The number of rotatable bonds is 9. The summed E-state index contributed by atoms with van der Waals surface area (Å²) in [6.45, 7) is 2.31. The SMILES string of the molecule is CN(C)CCOC(=O)C(OCCN(C)C)c1ccccc1. The van der Waals surface area contributed by atoms with E-state index in [-0.39, 0.29) is 5.97 Å². The fourth-order valence-corrected chi connectivity index (χ4v) is 1.69. The topological polar surface area (TPSA) is 42.0 Å². The second-order valence-electron chi connectivity index (χ2n) is 5.44. The van der Waals surface area contributed by atoms with E-state index in [4.69, 9.17) is 9.47 Å². The van der Waals surface area contributed by atoms with E-state index in [0.29, 0.717) is 19.8 Å². The van der Waals surface area contributed by atoms with Crippen LogP contribution >= 0.6 is 0 Å². The van der Waals surface area contributed by atoms with Gasteiger partial charge in [-0.25, -0.2) is 4.79 Å². The molecule has 0 N–H and O–H groups in total. The van der Waals surface area contributed by atoms with Gasteiger partial charge in [-0.3, -0.25) is 0 Å². The number of likely N-dealkylation sites (N-methyl/N-ethyl adjacent to an activating group) is 2. The largest absolute Gasteiger partial charge is 0.462 e. The molecule has 1 atom stereocenters. The van der Waals surface area contributed by atoms with Crippen molar-refractivity contribution in [2.75, 3.05) is 54.5 Å². The molecule has 0 amide bonds. The van der Waals surface area contributed by atoms with Crippen molar-refractivity contribution < 1.29 is 14.3 Å². The Balaban J connectivity index is 2.61. The van der Waals surface area contributed by atoms with Crippen LogP contribution in [-0.4, -0.2) is 70.3 Å². The maximum absolute atomic E-state index is 12.2. The number of hydrogen-bond donors (Lipinski definition) is 0. The van der Waals surface area contributed by atoms with Gasteiger partial charge in [-0.2, -0.15) is 0 Å². The predicted molar refractivity (Wildman–Crippen MR) is 83.2 cm³/mol. The molecule has 0 heterocycles. The van der Waals surface area contributed by atoms with Crippen LogP contribution in [-0.2, 0) is 14.3 Å². The first kappa shape index (κ1) is 17.6. The molecule has 1 aromatic carbocycles. The third kappa shape index (κ3) is 7.22. The van der Waals surface area contributed by atoms with Gasteiger partial charge >= 0.3 is 5.97 Å². The van der Waals surface area contributed by atoms with Crippen LogP contribution in [0.4, 0.5) is 0 Å². The summed E-state index contributed by atoms with van der Waals surface area (Å²) < 4.78 is 11.0. The maximum Gasteiger partial charge on any atom is 0.339 e. The van der Waals surface area contributed by atoms with Crippen molar-refractivity contribution in [3.8, 4) is 0 Å². The van der Waals surface area contributed by atoms with E-state index >= 15 is 0 Å². The normalized spacial score (nSPS) is 12.7. The minimum absolute atomic E-state index is 0.332. The van der Waals surface area contributed by atoms with Gasteiger partial charge in [-0.05, 0) is 33.8 Å². The Labute approximate surface area is 127 Å². The number of ether oxygens (including phenoxy) is 2. The average Bonchev–Trinajstić information content (AvgIpc) is 2.43. The Morgan fingerprint density at radius 2 is 1.57 bits per heavy atom. The molecule has 5 heteroatoms. The van der Waals surface area contributed by atoms with Crippen molar-refractivity contribution in [2.24, 2.45) is 0 Å². The Morgan fingerprint density at radius 3 is 2.14 bits per heavy atom. The summed E-state index contributed by atoms with van der Waals surface area (Å²) in [5.74, 6) is -0.332. The van der Waals surface area contributed by atoms with Crippen molar-refractivity contribution in [2.45, 2.75) is 6.10 Å². The Bertz CT molecular complexity index is 407. The zero-order valence-electron chi connectivity index (χ0n) is 13.4. The van der Waals surface area contributed by atoms with Crippen molar-refractivity contribution in [1.29, 1.82) is 0 Å². The molecule has 0 saturated carbocycles. The standard InChI is InChI=1S/C16H26N2O3/c1-17(2)10-12-20-15(14-8-6-5-7-9-14)16(19)21-13-11-18(3)4/h5-9,15H,10-13H2,1-4H3. The second kappa shape index (κ2) is 9.50. The van der Waals surface area contributed by atoms with Crippen molar-refractivity contribution in [1.82, 2.24) is 9.80 Å². The lowest BCUT2D eigenvalue weighted by atomic mass is 10.1. The number of carbonyl (C=O) groups is 1. The summed E-state index contributed by atoms with van der Waals surface area (Å²) in [7, 11) is 7.82. The molecule has 21 heavy (non-hydrogen) atoms. The summed E-state index contributed by atoms with van der Waals surface area (Å²) in [6, 6.07) is 9.47. The van der Waals surface area contributed by atoms with E-state index in [2.05, 4.69) is 0 Å². The average molecular weight is 294 g/mol. The first-order valence-corrected chi connectivity index (χ1v) is 7.13. The van der Waals surface area contributed by atoms with Crippen molar-refractivity contribution in [3.63, 3.8) is 0 Å². The summed E-state index contributed by atoms with van der Waals surface area (Å²) in [5, 5.41) is 0. The monoisotopic (exact) mass is 294 g/mol. The molecule has 5 nitrogen and oxygen atoms in total. The van der Waals surface area contributed by atoms with Crippen LogP contribution in [0, 0.1) is 0 Å². The molecule has 1 aromatic rings. The molecule has 0 aliphatic rings. The summed E-state index contributed by atoms with van der Waals surface area (Å²) in [6.07, 6.45) is -0.659. The number of esters is 1. The fraction of sp³-hybridized carbons (Fsp3) is 0.562. The molecule has 0 fully saturated rings. The van der Waals surface area contributed by atoms with Crippen LogP contribution in [0.3, 0.4) is 0 Å². The van der Waals surface area contributed by atoms with E-state index in [0.717, 1.165) is 12.1 Å². The van der Waals surface area contributed by atoms with Crippen molar-refractivity contribution in [3.05, 3.63) is 35.9 Å². The van der Waals surface area contributed by atoms with E-state index in [1.165, 1.54) is 0 Å². The molecule has 0 saturated heterocycles. The minimum Gasteiger partial charge on any atom is -0.462 e. The van der Waals surface area contributed by atoms with Gasteiger partial charge in [0.25, 0.3) is 0 Å². The van der Waals surface area contributed by atoms with Gasteiger partial charge in [0.05, 0.1) is 6.61 Å². The number of hydrogen-bond acceptors (Lipinski definition) is 5. The molecule has 1 unspecified atom stereocenters. The number of benzene rings is 1. The molecule has 1 rings (SSSR count). The lowest BCUT2D eigenvalue weighted by molar-refractivity contribution is -0.158. The van der Waals surface area contributed by atoms with Crippen LogP contribution in [0.15, 0.2) is 30.3 Å². The third-order valence-electron chi connectivity index (χ3n) is 2.92. The summed E-state index contributed by atoms with van der Waals surface area (Å²) in [5.41, 5.74) is 0.825. The Morgan fingerprint density at radius 1 is 1.00 bits per heavy atom. The minimum atomic E-state index is -0.659. The van der Waals surface area contributed by atoms with E-state index < -0.39 is 6.10 Å². The molecule has 0 radical (unpaired) electrons. The molecule has 0 aromatic heterocycles. The molecule has 0 aliphatic heterocycles. The van der Waals surface area contributed by atoms with Crippen LogP contribution < -0.4 is 0 Å². The van der Waals surface area contributed by atoms with E-state index in [9.17, 15) is 4.79 Å². The zero-order chi connectivity index (χ0) is 15.7. The van der Waals surface area contributed by atoms with E-state index in [1.807, 2.05) is 68.3 Å². The number of carbonyl (C=O) groups excluding carboxylic acids is 1. The quantitative estimate of drug-likeness (QED) is 0.644. The fourth-order valence-electron chi connectivity index (χ4n) is 1.69. The summed E-state index contributed by atoms with van der Waals surface area (Å²) >= 11 is 0. The van der Waals surface area contributed by atoms with Gasteiger partial charge in [-0.15, -0.1) is 0 Å². The lowest BCUT2D eigenvalue weighted by Gasteiger charge is -2.19. The molecular weight excluding hydrogens is 268 g/mol. The van der Waals surface area contributed by atoms with Gasteiger partial charge in [0.15, 0.2) is 6.10 Å². The first-order chi connectivity index (χ1) is 10.0. The smallest absolute Gasteiger partial charge is 0.339 e. The predicted octanol–water partition coefficient (Wildman–Crippen LogP) is 1.41. The van der Waals surface area contributed by atoms with Crippen LogP contribution in [0.25, 0.3) is 0 Å². The molecule has 0 spiro atoms. The number of nitrogens with zero attached hydrogens (tertiary/aromatic N) is 2. The highest BCUT2D eigenvalue weighted by Crippen LogP contribution is 2.18. The molecule has 0 bridgehead atoms. The Hall–Kier alpha value is -1.43. The van der Waals surface area contributed by atoms with Crippen molar-refractivity contribution >= 4 is 5.97 Å². The highest BCUT2D eigenvalue weighted by molar-refractivity contribution is 5.76. The third-order valence-corrected chi connectivity index (χ3v) is 2.92. The molecule has 118 valence electrons. The summed E-state index contributed by atoms with van der Waals surface area (Å²) in [4.78, 5) is 16.2. The molecule has 0 aliphatic carbocycles. The maximum atomic E-state index is 12.2. The molecular formula is C16H26N2O3. The van der Waals surface area contributed by atoms with E-state index in [1.54, 1.807) is 0 Å². The van der Waals surface area contributed by atoms with Gasteiger partial charge in [-0.1, -0.05) is 30.3 Å². The van der Waals surface area contributed by atoms with Crippen LogP contribution in [0.2, 0.25) is 0 Å². The Kier molecular flexibility index (Phi) is 7.97. The van der Waals surface area contributed by atoms with Gasteiger partial charge in [0, 0.05) is 13.1 Å². The highest BCUT2D eigenvalue weighted by Gasteiger charge is 2.22. The van der Waals surface area contributed by atoms with Gasteiger partial charge < -0.3 is 19.3 Å². The van der Waals surface area contributed by atoms with Crippen LogP contribution in [0.1, 0.15) is 11.7 Å².